The molecule has 0 spiro atoms. The predicted octanol–water partition coefficient (Wildman–Crippen LogP) is 7.69. The Labute approximate surface area is 206 Å². The lowest BCUT2D eigenvalue weighted by Crippen LogP contribution is -2.47. The molecule has 36 heavy (non-hydrogen) atoms. The molecule has 0 bridgehead atoms. The van der Waals surface area contributed by atoms with Crippen LogP contribution in [0.15, 0.2) is 42.5 Å². The number of piperidine rings is 1. The number of alkyl halides is 6. The van der Waals surface area contributed by atoms with Gasteiger partial charge in [0.05, 0.1) is 29.9 Å². The number of benzene rings is 2. The van der Waals surface area contributed by atoms with Crippen LogP contribution in [-0.4, -0.2) is 29.2 Å². The minimum atomic E-state index is -4.95. The molecule has 0 aliphatic carbocycles. The first-order valence-electron chi connectivity index (χ1n) is 11.5. The van der Waals surface area contributed by atoms with Crippen LogP contribution < -0.4 is 0 Å². The minimum Gasteiger partial charge on any atom is -0.444 e. The number of likely N-dealkylation sites (tertiary alicyclic amines) is 1. The van der Waals surface area contributed by atoms with E-state index in [9.17, 15) is 31.1 Å². The van der Waals surface area contributed by atoms with Crippen molar-refractivity contribution in [3.8, 4) is 0 Å². The van der Waals surface area contributed by atoms with E-state index in [4.69, 9.17) is 9.47 Å². The second-order valence-electron chi connectivity index (χ2n) is 9.94. The Kier molecular flexibility index (Phi) is 7.98. The first kappa shape index (κ1) is 27.8. The number of hydrogen-bond donors (Lipinski definition) is 0. The zero-order valence-corrected chi connectivity index (χ0v) is 20.5. The molecule has 1 aliphatic rings. The molecule has 1 aliphatic heterocycles. The van der Waals surface area contributed by atoms with Crippen molar-refractivity contribution in [2.45, 2.75) is 77.2 Å². The van der Waals surface area contributed by atoms with Crippen molar-refractivity contribution in [3.05, 3.63) is 70.3 Å². The number of nitrogens with zero attached hydrogens (tertiary/aromatic N) is 1. The first-order valence-corrected chi connectivity index (χ1v) is 11.5. The quantitative estimate of drug-likeness (QED) is 0.390. The highest BCUT2D eigenvalue weighted by molar-refractivity contribution is 5.69. The maximum atomic E-state index is 13.3. The lowest BCUT2D eigenvalue weighted by atomic mass is 9.92. The topological polar surface area (TPSA) is 38.8 Å². The van der Waals surface area contributed by atoms with Gasteiger partial charge in [0.1, 0.15) is 5.60 Å². The Morgan fingerprint density at radius 2 is 1.50 bits per heavy atom. The van der Waals surface area contributed by atoms with Crippen molar-refractivity contribution >= 4 is 6.09 Å². The van der Waals surface area contributed by atoms with Gasteiger partial charge in [-0.05, 0) is 69.9 Å². The Morgan fingerprint density at radius 3 is 2.00 bits per heavy atom. The van der Waals surface area contributed by atoms with Gasteiger partial charge in [0.15, 0.2) is 0 Å². The van der Waals surface area contributed by atoms with E-state index in [-0.39, 0.29) is 11.6 Å². The van der Waals surface area contributed by atoms with Crippen LogP contribution in [0.4, 0.5) is 31.1 Å². The van der Waals surface area contributed by atoms with Crippen molar-refractivity contribution in [2.24, 2.45) is 0 Å². The summed E-state index contributed by atoms with van der Waals surface area (Å²) in [6, 6.07) is 8.14. The lowest BCUT2D eigenvalue weighted by molar-refractivity contribution is -0.143. The molecule has 198 valence electrons. The number of rotatable bonds is 4. The van der Waals surface area contributed by atoms with E-state index < -0.39 is 53.9 Å². The summed E-state index contributed by atoms with van der Waals surface area (Å²) >= 11 is 0. The zero-order chi connectivity index (χ0) is 26.9. The smallest absolute Gasteiger partial charge is 0.416 e. The standard InChI is InChI=1S/C26H29F6NO3/c1-16-7-9-18(10-8-16)22-21(6-5-11-33(22)23(34)36-24(2,3)4)35-15-17-12-19(25(27,28)29)14-20(13-17)26(30,31)32/h7-10,12-14,21-22H,5-6,11,15H2,1-4H3/t21-,22-/m0/s1. The van der Waals surface area contributed by atoms with Crippen LogP contribution in [0, 0.1) is 6.92 Å². The molecule has 1 heterocycles. The van der Waals surface area contributed by atoms with Crippen molar-refractivity contribution < 1.29 is 40.6 Å². The molecule has 2 aromatic rings. The zero-order valence-electron chi connectivity index (χ0n) is 20.5. The fourth-order valence-corrected chi connectivity index (χ4v) is 4.12. The van der Waals surface area contributed by atoms with Crippen LogP contribution in [-0.2, 0) is 28.4 Å². The van der Waals surface area contributed by atoms with Gasteiger partial charge >= 0.3 is 18.4 Å². The molecule has 0 aromatic heterocycles. The highest BCUT2D eigenvalue weighted by atomic mass is 19.4. The van der Waals surface area contributed by atoms with Gasteiger partial charge in [-0.3, -0.25) is 4.90 Å². The second kappa shape index (κ2) is 10.3. The van der Waals surface area contributed by atoms with Gasteiger partial charge < -0.3 is 9.47 Å². The molecule has 3 rings (SSSR count). The van der Waals surface area contributed by atoms with Crippen LogP contribution >= 0.6 is 0 Å². The average molecular weight is 518 g/mol. The third kappa shape index (κ3) is 7.15. The van der Waals surface area contributed by atoms with Crippen molar-refractivity contribution in [1.82, 2.24) is 4.90 Å². The number of ether oxygens (including phenoxy) is 2. The van der Waals surface area contributed by atoms with Gasteiger partial charge in [0.2, 0.25) is 0 Å². The number of halogens is 6. The van der Waals surface area contributed by atoms with E-state index in [0.29, 0.717) is 31.5 Å². The van der Waals surface area contributed by atoms with Crippen molar-refractivity contribution in [3.63, 3.8) is 0 Å². The molecule has 0 saturated carbocycles. The molecule has 1 fully saturated rings. The van der Waals surface area contributed by atoms with E-state index in [2.05, 4.69) is 0 Å². The van der Waals surface area contributed by atoms with Gasteiger partial charge in [0, 0.05) is 6.54 Å². The summed E-state index contributed by atoms with van der Waals surface area (Å²) < 4.78 is 91.0. The van der Waals surface area contributed by atoms with E-state index in [1.54, 1.807) is 20.8 Å². The number of carbonyl (C=O) groups is 1. The van der Waals surface area contributed by atoms with Crippen molar-refractivity contribution in [2.75, 3.05) is 6.54 Å². The summed E-state index contributed by atoms with van der Waals surface area (Å²) in [5.74, 6) is 0. The van der Waals surface area contributed by atoms with Crippen LogP contribution in [0.1, 0.15) is 67.5 Å². The van der Waals surface area contributed by atoms with Gasteiger partial charge in [0.25, 0.3) is 0 Å². The van der Waals surface area contributed by atoms with Gasteiger partial charge in [-0.2, -0.15) is 26.3 Å². The van der Waals surface area contributed by atoms with Crippen LogP contribution in [0.25, 0.3) is 0 Å². The highest BCUT2D eigenvalue weighted by Crippen LogP contribution is 2.38. The predicted molar refractivity (Wildman–Crippen MR) is 121 cm³/mol. The molecule has 1 saturated heterocycles. The van der Waals surface area contributed by atoms with E-state index in [1.165, 1.54) is 4.90 Å². The summed E-state index contributed by atoms with van der Waals surface area (Å²) in [5, 5.41) is 0. The van der Waals surface area contributed by atoms with Crippen LogP contribution in [0.2, 0.25) is 0 Å². The SMILES string of the molecule is Cc1ccc([C@H]2[C@@H](OCc3cc(C(F)(F)F)cc(C(F)(F)F)c3)CCCN2C(=O)OC(C)(C)C)cc1. The minimum absolute atomic E-state index is 0.0868. The maximum Gasteiger partial charge on any atom is 0.416 e. The molecule has 0 radical (unpaired) electrons. The summed E-state index contributed by atoms with van der Waals surface area (Å²) in [4.78, 5) is 14.5. The van der Waals surface area contributed by atoms with Crippen LogP contribution in [0.5, 0.6) is 0 Å². The number of hydrogen-bond acceptors (Lipinski definition) is 3. The fourth-order valence-electron chi connectivity index (χ4n) is 4.12. The largest absolute Gasteiger partial charge is 0.444 e. The Hall–Kier alpha value is -2.75. The average Bonchev–Trinajstić information content (AvgIpc) is 2.75. The van der Waals surface area contributed by atoms with Gasteiger partial charge in [-0.1, -0.05) is 29.8 Å². The Balaban J connectivity index is 1.92. The number of aryl methyl sites for hydroxylation is 1. The Bertz CT molecular complexity index is 1030. The summed E-state index contributed by atoms with van der Waals surface area (Å²) in [6.07, 6.45) is -10.1. The molecule has 4 nitrogen and oxygen atoms in total. The number of amides is 1. The molecule has 2 aromatic carbocycles. The monoisotopic (exact) mass is 517 g/mol. The summed E-state index contributed by atoms with van der Waals surface area (Å²) in [7, 11) is 0. The van der Waals surface area contributed by atoms with E-state index in [1.807, 2.05) is 31.2 Å². The molecule has 0 N–H and O–H groups in total. The lowest BCUT2D eigenvalue weighted by Gasteiger charge is -2.41. The first-order chi connectivity index (χ1) is 16.5. The van der Waals surface area contributed by atoms with E-state index >= 15 is 0 Å². The molecule has 0 unspecified atom stereocenters. The third-order valence-electron chi connectivity index (χ3n) is 5.73. The van der Waals surface area contributed by atoms with Gasteiger partial charge in [-0.25, -0.2) is 4.79 Å². The second-order valence-corrected chi connectivity index (χ2v) is 9.94. The highest BCUT2D eigenvalue weighted by Gasteiger charge is 2.39. The molecule has 1 amide bonds. The fraction of sp³-hybridized carbons (Fsp3) is 0.500. The third-order valence-corrected chi connectivity index (χ3v) is 5.73. The molecule has 2 atom stereocenters. The number of carbonyl (C=O) groups excluding carboxylic acids is 1. The van der Waals surface area contributed by atoms with Crippen LogP contribution in [0.3, 0.4) is 0 Å². The maximum absolute atomic E-state index is 13.3. The van der Waals surface area contributed by atoms with Gasteiger partial charge in [-0.15, -0.1) is 0 Å². The summed E-state index contributed by atoms with van der Waals surface area (Å²) in [5.41, 5.74) is -2.09. The van der Waals surface area contributed by atoms with E-state index in [0.717, 1.165) is 11.1 Å². The normalized spacial score (nSPS) is 19.3. The molecular formula is C26H29F6NO3. The Morgan fingerprint density at radius 1 is 0.944 bits per heavy atom. The summed E-state index contributed by atoms with van der Waals surface area (Å²) in [6.45, 7) is 6.98. The molecule has 10 heteroatoms. The van der Waals surface area contributed by atoms with Crippen molar-refractivity contribution in [1.29, 1.82) is 0 Å². The molecular weight excluding hydrogens is 488 g/mol.